The molecular formula is C28H44F12O2. The van der Waals surface area contributed by atoms with Crippen LogP contribution in [0.25, 0.3) is 0 Å². The fourth-order valence-corrected chi connectivity index (χ4v) is 7.27. The lowest BCUT2D eigenvalue weighted by Crippen LogP contribution is -2.73. The van der Waals surface area contributed by atoms with Crippen molar-refractivity contribution in [2.24, 2.45) is 22.2 Å². The zero-order valence-electron chi connectivity index (χ0n) is 25.6. The van der Waals surface area contributed by atoms with E-state index >= 15 is 26.3 Å². The van der Waals surface area contributed by atoms with Gasteiger partial charge in [-0.25, -0.2) is 8.78 Å². The third-order valence-electron chi connectivity index (χ3n) is 10.5. The van der Waals surface area contributed by atoms with Crippen molar-refractivity contribution >= 4 is 0 Å². The Morgan fingerprint density at radius 3 is 1.19 bits per heavy atom. The first-order valence-corrected chi connectivity index (χ1v) is 14.5. The SMILES string of the molecule is CCC(CC)C1(F)OC(C(F)(F)F)(C(F)(F)F)OC1(F)C(CC)(CC)C(CC)(CC)C(F)(F)C(F)(F)C(C)(CC)CC. The van der Waals surface area contributed by atoms with Gasteiger partial charge in [0, 0.05) is 16.7 Å². The van der Waals surface area contributed by atoms with Gasteiger partial charge in [0.05, 0.1) is 5.41 Å². The molecule has 0 bridgehead atoms. The second kappa shape index (κ2) is 11.8. The quantitative estimate of drug-likeness (QED) is 0.176. The summed E-state index contributed by atoms with van der Waals surface area (Å²) in [6.45, 7) is 9.29. The summed E-state index contributed by atoms with van der Waals surface area (Å²) in [6.07, 6.45) is -19.8. The van der Waals surface area contributed by atoms with E-state index in [1.807, 2.05) is 0 Å². The topological polar surface area (TPSA) is 18.5 Å². The lowest BCUT2D eigenvalue weighted by molar-refractivity contribution is -0.466. The van der Waals surface area contributed by atoms with Crippen molar-refractivity contribution in [3.63, 3.8) is 0 Å². The Bertz CT molecular complexity index is 886. The summed E-state index contributed by atoms with van der Waals surface area (Å²) >= 11 is 0. The molecule has 0 aromatic carbocycles. The van der Waals surface area contributed by atoms with Crippen LogP contribution in [0.4, 0.5) is 52.7 Å². The molecule has 0 aromatic heterocycles. The van der Waals surface area contributed by atoms with E-state index in [0.29, 0.717) is 0 Å². The number of ether oxygens (including phenoxy) is 2. The van der Waals surface area contributed by atoms with Crippen LogP contribution in [-0.2, 0) is 9.47 Å². The molecule has 0 aliphatic carbocycles. The van der Waals surface area contributed by atoms with E-state index in [2.05, 4.69) is 9.47 Å². The zero-order chi connectivity index (χ0) is 33.6. The highest BCUT2D eigenvalue weighted by molar-refractivity contribution is 5.21. The van der Waals surface area contributed by atoms with Crippen LogP contribution in [0.5, 0.6) is 0 Å². The van der Waals surface area contributed by atoms with Crippen LogP contribution in [0.2, 0.25) is 0 Å². The van der Waals surface area contributed by atoms with Gasteiger partial charge >= 0.3 is 30.0 Å². The van der Waals surface area contributed by atoms with Gasteiger partial charge in [-0.3, -0.25) is 9.47 Å². The van der Waals surface area contributed by atoms with E-state index in [1.165, 1.54) is 13.8 Å². The third kappa shape index (κ3) is 4.59. The average molecular weight is 641 g/mol. The minimum absolute atomic E-state index is 0.507. The molecular weight excluding hydrogens is 596 g/mol. The van der Waals surface area contributed by atoms with E-state index in [1.54, 1.807) is 0 Å². The van der Waals surface area contributed by atoms with Crippen LogP contribution >= 0.6 is 0 Å². The molecule has 2 atom stereocenters. The van der Waals surface area contributed by atoms with E-state index in [-0.39, 0.29) is 0 Å². The van der Waals surface area contributed by atoms with Gasteiger partial charge in [-0.05, 0) is 51.4 Å². The summed E-state index contributed by atoms with van der Waals surface area (Å²) in [4.78, 5) is 0. The first-order chi connectivity index (χ1) is 18.8. The van der Waals surface area contributed by atoms with Gasteiger partial charge in [-0.2, -0.15) is 43.9 Å². The Morgan fingerprint density at radius 2 is 0.929 bits per heavy atom. The van der Waals surface area contributed by atoms with Crippen LogP contribution in [0, 0.1) is 22.2 Å². The van der Waals surface area contributed by atoms with Crippen molar-refractivity contribution in [1.82, 2.24) is 0 Å². The molecule has 0 amide bonds. The molecule has 0 saturated carbocycles. The molecule has 42 heavy (non-hydrogen) atoms. The highest BCUT2D eigenvalue weighted by atomic mass is 19.4. The number of hydrogen-bond acceptors (Lipinski definition) is 2. The van der Waals surface area contributed by atoms with Gasteiger partial charge in [-0.15, -0.1) is 0 Å². The van der Waals surface area contributed by atoms with Crippen molar-refractivity contribution in [1.29, 1.82) is 0 Å². The summed E-state index contributed by atoms with van der Waals surface area (Å²) in [6, 6.07) is 0. The Labute approximate surface area is 240 Å². The Balaban J connectivity index is 4.53. The summed E-state index contributed by atoms with van der Waals surface area (Å²) in [5, 5.41) is 0. The van der Waals surface area contributed by atoms with Crippen molar-refractivity contribution in [2.45, 2.75) is 155 Å². The Kier molecular flexibility index (Phi) is 11.0. The van der Waals surface area contributed by atoms with Crippen molar-refractivity contribution in [3.8, 4) is 0 Å². The summed E-state index contributed by atoms with van der Waals surface area (Å²) in [5.74, 6) is -27.8. The summed E-state index contributed by atoms with van der Waals surface area (Å²) < 4.78 is 194. The molecule has 1 saturated heterocycles. The van der Waals surface area contributed by atoms with Gasteiger partial charge in [0.15, 0.2) is 0 Å². The number of alkyl halides is 12. The largest absolute Gasteiger partial charge is 0.453 e. The summed E-state index contributed by atoms with van der Waals surface area (Å²) in [5.41, 5.74) is -9.25. The fourth-order valence-electron chi connectivity index (χ4n) is 7.27. The summed E-state index contributed by atoms with van der Waals surface area (Å²) in [7, 11) is 0. The highest BCUT2D eigenvalue weighted by Crippen LogP contribution is 2.75. The standard InChI is InChI=1S/C28H44F12O2/c1-10-18(11-2)22(29)25(34,42-26(41-22,27(35,36)37)28(38,39)40)21(16-7,17-8)20(14-5,15-6)24(32,33)23(30,31)19(9,12-3)13-4/h18H,10-17H2,1-9H3. The van der Waals surface area contributed by atoms with Gasteiger partial charge in [0.1, 0.15) is 0 Å². The molecule has 2 nitrogen and oxygen atoms in total. The number of rotatable bonds is 14. The molecule has 0 aromatic rings. The molecule has 14 heteroatoms. The van der Waals surface area contributed by atoms with Gasteiger partial charge < -0.3 is 0 Å². The third-order valence-corrected chi connectivity index (χ3v) is 10.5. The maximum absolute atomic E-state index is 17.8. The molecule has 2 unspecified atom stereocenters. The molecule has 1 heterocycles. The second-order valence-corrected chi connectivity index (χ2v) is 11.6. The molecule has 1 fully saturated rings. The average Bonchev–Trinajstić information content (AvgIpc) is 3.16. The lowest BCUT2D eigenvalue weighted by atomic mass is 9.48. The van der Waals surface area contributed by atoms with Crippen LogP contribution in [0.3, 0.4) is 0 Å². The minimum Gasteiger partial charge on any atom is -0.292 e. The molecule has 1 aliphatic heterocycles. The van der Waals surface area contributed by atoms with Crippen LogP contribution in [0.1, 0.15) is 114 Å². The Hall–Kier alpha value is -0.920. The monoisotopic (exact) mass is 640 g/mol. The second-order valence-electron chi connectivity index (χ2n) is 11.6. The van der Waals surface area contributed by atoms with E-state index in [0.717, 1.165) is 48.5 Å². The van der Waals surface area contributed by atoms with Gasteiger partial charge in [-0.1, -0.05) is 62.3 Å². The highest BCUT2D eigenvalue weighted by Gasteiger charge is 2.92. The fraction of sp³-hybridized carbons (Fsp3) is 1.00. The van der Waals surface area contributed by atoms with Crippen LogP contribution in [-0.4, -0.2) is 41.7 Å². The molecule has 252 valence electrons. The van der Waals surface area contributed by atoms with E-state index in [9.17, 15) is 26.3 Å². The zero-order valence-corrected chi connectivity index (χ0v) is 25.6. The molecule has 1 aliphatic rings. The molecule has 1 rings (SSSR count). The lowest BCUT2D eigenvalue weighted by Gasteiger charge is -2.61. The van der Waals surface area contributed by atoms with Gasteiger partial charge in [0.2, 0.25) is 0 Å². The molecule has 0 N–H and O–H groups in total. The number of halogens is 12. The minimum atomic E-state index is -6.65. The molecule has 0 spiro atoms. The first-order valence-electron chi connectivity index (χ1n) is 14.5. The predicted octanol–water partition coefficient (Wildman–Crippen LogP) is 11.3. The van der Waals surface area contributed by atoms with Gasteiger partial charge in [0.25, 0.3) is 11.7 Å². The number of hydrogen-bond donors (Lipinski definition) is 0. The van der Waals surface area contributed by atoms with Crippen LogP contribution in [0.15, 0.2) is 0 Å². The normalized spacial score (nSPS) is 25.0. The smallest absolute Gasteiger partial charge is 0.292 e. The van der Waals surface area contributed by atoms with E-state index < -0.39 is 115 Å². The maximum Gasteiger partial charge on any atom is 0.453 e. The maximum atomic E-state index is 17.8. The van der Waals surface area contributed by atoms with Crippen LogP contribution < -0.4 is 0 Å². The Morgan fingerprint density at radius 1 is 0.548 bits per heavy atom. The first kappa shape index (κ1) is 39.1. The molecule has 0 radical (unpaired) electrons. The van der Waals surface area contributed by atoms with E-state index in [4.69, 9.17) is 0 Å². The van der Waals surface area contributed by atoms with Crippen molar-refractivity contribution in [3.05, 3.63) is 0 Å². The van der Waals surface area contributed by atoms with Crippen molar-refractivity contribution < 1.29 is 62.2 Å². The predicted molar refractivity (Wildman–Crippen MR) is 133 cm³/mol. The van der Waals surface area contributed by atoms with Crippen molar-refractivity contribution in [2.75, 3.05) is 0 Å².